The Kier molecular flexibility index (Phi) is 23.1. The van der Waals surface area contributed by atoms with Crippen LogP contribution in [0.1, 0.15) is 93.4 Å². The van der Waals surface area contributed by atoms with Crippen molar-refractivity contribution < 1.29 is 74.5 Å². The number of ether oxygens (including phenoxy) is 6. The molecular formula is C54H64FIN4O15. The second-order valence-electron chi connectivity index (χ2n) is 17.7. The summed E-state index contributed by atoms with van der Waals surface area (Å²) in [5, 5.41) is 6.17. The third kappa shape index (κ3) is 17.4. The first-order valence-corrected chi connectivity index (χ1v) is 28.4. The van der Waals surface area contributed by atoms with Gasteiger partial charge < -0.3 is 39.1 Å². The molecule has 4 aromatic carbocycles. The van der Waals surface area contributed by atoms with Crippen LogP contribution in [0.15, 0.2) is 84.9 Å². The molecule has 404 valence electrons. The monoisotopic (exact) mass is 1150 g/mol. The molecule has 0 aromatic heterocycles. The minimum Gasteiger partial charge on any atom is -0.466 e. The third-order valence-corrected chi connectivity index (χ3v) is 12.0. The number of methoxy groups -OCH3 is 2. The van der Waals surface area contributed by atoms with Crippen molar-refractivity contribution in [2.45, 2.75) is 71.1 Å². The molecule has 4 amide bonds. The maximum atomic E-state index is 12.8. The second kappa shape index (κ2) is 29.3. The molecule has 7 rings (SSSR count). The van der Waals surface area contributed by atoms with E-state index in [1.807, 2.05) is 72.8 Å². The number of hydrogen-bond acceptors (Lipinski definition) is 16. The normalized spacial score (nSPS) is 15.4. The second-order valence-corrected chi connectivity index (χ2v) is 20.2. The van der Waals surface area contributed by atoms with Crippen LogP contribution in [0.5, 0.6) is 0 Å². The van der Waals surface area contributed by atoms with Gasteiger partial charge in [-0.05, 0) is 68.8 Å². The van der Waals surface area contributed by atoms with Gasteiger partial charge in [-0.2, -0.15) is 0 Å². The number of carbonyl (C=O) groups excluding carboxylic acids is 8. The summed E-state index contributed by atoms with van der Waals surface area (Å²) >= 11 is -2.26. The summed E-state index contributed by atoms with van der Waals surface area (Å²) in [6.07, 6.45) is -0.0418. The number of nitrogens with two attached hydrogens (primary N) is 1. The Labute approximate surface area is 443 Å². The SMILES string of the molecule is CI(N)F.COCCCOC(=O)CC(C)C(=O)Nc1ccc2c(c1)C(COC(=O)ON1C(=O)CCC1=O)c1ccccc1-2.COCCCOC(=O)CC(C)C(=O)Nc1ccc2c(c1)C(COC(C)=O)c1ccccc1-2. The van der Waals surface area contributed by atoms with E-state index in [1.54, 1.807) is 40.2 Å². The summed E-state index contributed by atoms with van der Waals surface area (Å²) in [5.41, 5.74) is 9.02. The van der Waals surface area contributed by atoms with E-state index in [4.69, 9.17) is 33.3 Å². The third-order valence-electron chi connectivity index (χ3n) is 12.0. The summed E-state index contributed by atoms with van der Waals surface area (Å²) in [4.78, 5) is 103. The van der Waals surface area contributed by atoms with Gasteiger partial charge in [0.1, 0.15) is 13.2 Å². The van der Waals surface area contributed by atoms with E-state index < -0.39 is 62.4 Å². The van der Waals surface area contributed by atoms with Crippen molar-refractivity contribution in [3.63, 3.8) is 0 Å². The molecule has 19 nitrogen and oxygen atoms in total. The molecule has 3 aliphatic rings. The number of rotatable bonds is 21. The van der Waals surface area contributed by atoms with Crippen LogP contribution in [0.2, 0.25) is 0 Å². The molecule has 0 bridgehead atoms. The average molecular weight is 1160 g/mol. The van der Waals surface area contributed by atoms with Gasteiger partial charge in [0.15, 0.2) is 0 Å². The maximum Gasteiger partial charge on any atom is 0.533 e. The molecule has 0 radical (unpaired) electrons. The average Bonchev–Trinajstić information content (AvgIpc) is 3.99. The maximum absolute atomic E-state index is 12.8. The number of hydrogen-bond donors (Lipinski definition) is 3. The van der Waals surface area contributed by atoms with Gasteiger partial charge in [-0.15, -0.1) is 0 Å². The first-order chi connectivity index (χ1) is 35.9. The van der Waals surface area contributed by atoms with Crippen LogP contribution in [0.3, 0.4) is 0 Å². The molecule has 1 aliphatic heterocycles. The van der Waals surface area contributed by atoms with E-state index in [9.17, 15) is 41.2 Å². The van der Waals surface area contributed by atoms with E-state index >= 15 is 0 Å². The minimum absolute atomic E-state index is 0.00424. The number of benzene rings is 4. The molecule has 2 aliphatic carbocycles. The number of hydroxylamine groups is 2. The molecule has 1 fully saturated rings. The predicted octanol–water partition coefficient (Wildman–Crippen LogP) is 8.35. The summed E-state index contributed by atoms with van der Waals surface area (Å²) in [6, 6.07) is 26.8. The first kappa shape index (κ1) is 59.1. The van der Waals surface area contributed by atoms with Crippen molar-refractivity contribution >= 4 is 79.7 Å². The molecule has 4 N–H and O–H groups in total. The number of nitrogens with one attached hydrogen (secondary N) is 2. The molecule has 4 unspecified atom stereocenters. The fourth-order valence-electron chi connectivity index (χ4n) is 8.36. The standard InChI is InChI=1S/C28H30N2O9.C25H29NO6.CH5FIN/c1-17(14-26(33)37-13-5-12-36-2)27(34)29-18-8-9-21-19-6-3-4-7-20(19)23(22(21)15-18)16-38-28(35)39-30-24(31)10-11-25(30)32;1-16(13-24(28)31-12-6-11-30-3)25(29)26-18-9-10-21-19-7-4-5-8-20(19)23(22(21)14-18)15-32-17(2)27;1-3(2)4/h3-4,6-9,15,17,23H,5,10-14,16H2,1-2H3,(H,29,34);4-5,7-10,14,16,23H,6,11-13,15H2,1-3H3,(H,26,29);4H2,1H3. The number of amides is 4. The fourth-order valence-corrected chi connectivity index (χ4v) is 8.36. The van der Waals surface area contributed by atoms with Gasteiger partial charge in [-0.3, -0.25) is 38.4 Å². The number of imide groups is 1. The van der Waals surface area contributed by atoms with Gasteiger partial charge in [-0.1, -0.05) is 79.6 Å². The van der Waals surface area contributed by atoms with Crippen LogP contribution in [-0.4, -0.2) is 112 Å². The van der Waals surface area contributed by atoms with Gasteiger partial charge in [0.05, 0.1) is 26.1 Å². The van der Waals surface area contributed by atoms with E-state index in [2.05, 4.69) is 14.6 Å². The Morgan fingerprint density at radius 3 is 1.44 bits per heavy atom. The largest absolute Gasteiger partial charge is 0.533 e. The quantitative estimate of drug-likeness (QED) is 0.0135. The molecule has 75 heavy (non-hydrogen) atoms. The minimum atomic E-state index is -2.26. The van der Waals surface area contributed by atoms with Crippen molar-refractivity contribution in [2.24, 2.45) is 15.8 Å². The zero-order valence-corrected chi connectivity index (χ0v) is 44.9. The number of nitrogens with zero attached hydrogens (tertiary/aromatic N) is 1. The zero-order chi connectivity index (χ0) is 54.6. The molecule has 4 atom stereocenters. The summed E-state index contributed by atoms with van der Waals surface area (Å²) < 4.78 is 46.2. The first-order valence-electron chi connectivity index (χ1n) is 24.1. The van der Waals surface area contributed by atoms with Crippen molar-refractivity contribution in [3.8, 4) is 22.3 Å². The molecule has 1 heterocycles. The Hall–Kier alpha value is -6.82. The molecule has 1 saturated heterocycles. The number of alkyl halides is 1. The Morgan fingerprint density at radius 2 is 1.03 bits per heavy atom. The summed E-state index contributed by atoms with van der Waals surface area (Å²) in [7, 11) is 3.15. The van der Waals surface area contributed by atoms with Gasteiger partial charge in [0.25, 0.3) is 11.8 Å². The van der Waals surface area contributed by atoms with Crippen LogP contribution in [0.4, 0.5) is 19.0 Å². The molecular weight excluding hydrogens is 1090 g/mol. The van der Waals surface area contributed by atoms with E-state index in [0.29, 0.717) is 42.5 Å². The van der Waals surface area contributed by atoms with E-state index in [0.717, 1.165) is 44.5 Å². The van der Waals surface area contributed by atoms with Gasteiger partial charge in [0, 0.05) is 95.1 Å². The van der Waals surface area contributed by atoms with Crippen molar-refractivity contribution in [1.82, 2.24) is 5.06 Å². The van der Waals surface area contributed by atoms with Crippen molar-refractivity contribution in [1.29, 1.82) is 0 Å². The number of esters is 3. The molecule has 21 heteroatoms. The number of fused-ring (bicyclic) bond motifs is 6. The Morgan fingerprint density at radius 1 is 0.627 bits per heavy atom. The van der Waals surface area contributed by atoms with E-state index in [1.165, 1.54) is 11.9 Å². The Balaban J connectivity index is 0.000000263. The number of carbonyl (C=O) groups is 8. The van der Waals surface area contributed by atoms with Crippen LogP contribution in [0, 0.1) is 11.8 Å². The summed E-state index contributed by atoms with van der Waals surface area (Å²) in [5.74, 6) is -4.60. The molecule has 0 saturated carbocycles. The number of halogens is 2. The fraction of sp³-hybridized carbons (Fsp3) is 0.407. The van der Waals surface area contributed by atoms with Gasteiger partial charge in [-0.25, -0.2) is 4.79 Å². The molecule has 4 aromatic rings. The van der Waals surface area contributed by atoms with E-state index in [-0.39, 0.29) is 81.7 Å². The zero-order valence-electron chi connectivity index (χ0n) is 42.8. The molecule has 0 spiro atoms. The number of anilines is 2. The van der Waals surface area contributed by atoms with Crippen molar-refractivity contribution in [2.75, 3.05) is 69.4 Å². The van der Waals surface area contributed by atoms with Crippen LogP contribution in [-0.2, 0) is 66.8 Å². The van der Waals surface area contributed by atoms with Crippen LogP contribution >= 0.6 is 20.7 Å². The van der Waals surface area contributed by atoms with Crippen molar-refractivity contribution in [3.05, 3.63) is 107 Å². The van der Waals surface area contributed by atoms with Crippen LogP contribution < -0.4 is 14.6 Å². The summed E-state index contributed by atoms with van der Waals surface area (Å²) in [6.45, 7) is 6.36. The smallest absolute Gasteiger partial charge is 0.466 e. The van der Waals surface area contributed by atoms with Gasteiger partial charge >= 0.3 is 56.5 Å². The predicted molar refractivity (Wildman–Crippen MR) is 283 cm³/mol. The van der Waals surface area contributed by atoms with Gasteiger partial charge in [0.2, 0.25) is 11.8 Å². The Bertz CT molecular complexity index is 2670. The topological polar surface area (TPSA) is 254 Å². The van der Waals surface area contributed by atoms with Crippen LogP contribution in [0.25, 0.3) is 22.3 Å².